The van der Waals surface area contributed by atoms with Crippen molar-refractivity contribution in [2.24, 2.45) is 0 Å². The van der Waals surface area contributed by atoms with E-state index in [0.29, 0.717) is 18.5 Å². The lowest BCUT2D eigenvalue weighted by atomic mass is 9.89. The van der Waals surface area contributed by atoms with E-state index in [4.69, 9.17) is 4.74 Å². The van der Waals surface area contributed by atoms with Crippen molar-refractivity contribution in [2.45, 2.75) is 39.7 Å². The van der Waals surface area contributed by atoms with Gasteiger partial charge in [-0.25, -0.2) is 4.79 Å². The van der Waals surface area contributed by atoms with Crippen LogP contribution in [0.15, 0.2) is 59.3 Å². The third-order valence-electron chi connectivity index (χ3n) is 5.61. The highest BCUT2D eigenvalue weighted by atomic mass is 32.1. The number of rotatable bonds is 7. The zero-order chi connectivity index (χ0) is 22.6. The molecule has 3 aromatic rings. The second-order valence-corrected chi connectivity index (χ2v) is 8.86. The SMILES string of the molecule is CCN(C(=O)c1cc(C)cc(C)c1)[C@@](C)(Cc1ccc(-c2ccsc2)cc1)C(=O)OC. The number of carbonyl (C=O) groups is 2. The number of ether oxygens (including phenoxy) is 1. The standard InChI is InChI=1S/C26H29NO3S/c1-6-27(24(28)23-14-18(2)13-19(3)15-23)26(4,25(29)30-5)16-20-7-9-21(10-8-20)22-11-12-31-17-22/h7-15,17H,6,16H2,1-5H3/t26-/m0/s1. The zero-order valence-corrected chi connectivity index (χ0v) is 19.6. The third kappa shape index (κ3) is 4.88. The van der Waals surface area contributed by atoms with E-state index >= 15 is 0 Å². The van der Waals surface area contributed by atoms with Gasteiger partial charge in [0.05, 0.1) is 7.11 Å². The van der Waals surface area contributed by atoms with Crippen LogP contribution in [0.2, 0.25) is 0 Å². The van der Waals surface area contributed by atoms with Gasteiger partial charge in [0.25, 0.3) is 5.91 Å². The Morgan fingerprint density at radius 3 is 2.16 bits per heavy atom. The number of carbonyl (C=O) groups excluding carboxylic acids is 2. The maximum atomic E-state index is 13.5. The van der Waals surface area contributed by atoms with Crippen molar-refractivity contribution in [3.05, 3.63) is 81.5 Å². The van der Waals surface area contributed by atoms with Crippen LogP contribution in [0.1, 0.15) is 40.9 Å². The van der Waals surface area contributed by atoms with Crippen molar-refractivity contribution in [1.29, 1.82) is 0 Å². The lowest BCUT2D eigenvalue weighted by molar-refractivity contribution is -0.152. The van der Waals surface area contributed by atoms with Gasteiger partial charge in [-0.2, -0.15) is 11.3 Å². The molecule has 0 aliphatic carbocycles. The van der Waals surface area contributed by atoms with Crippen molar-refractivity contribution in [3.63, 3.8) is 0 Å². The van der Waals surface area contributed by atoms with Crippen molar-refractivity contribution >= 4 is 23.2 Å². The smallest absolute Gasteiger partial charge is 0.331 e. The summed E-state index contributed by atoms with van der Waals surface area (Å²) < 4.78 is 5.16. The molecule has 0 aliphatic rings. The molecule has 0 saturated carbocycles. The van der Waals surface area contributed by atoms with E-state index < -0.39 is 11.5 Å². The summed E-state index contributed by atoms with van der Waals surface area (Å²) in [6.45, 7) is 8.00. The van der Waals surface area contributed by atoms with Gasteiger partial charge in [0.15, 0.2) is 0 Å². The minimum absolute atomic E-state index is 0.169. The van der Waals surface area contributed by atoms with E-state index in [9.17, 15) is 9.59 Å². The molecule has 2 aromatic carbocycles. The van der Waals surface area contributed by atoms with Crippen molar-refractivity contribution in [3.8, 4) is 11.1 Å². The summed E-state index contributed by atoms with van der Waals surface area (Å²) in [5, 5.41) is 4.16. The molecule has 3 rings (SSSR count). The van der Waals surface area contributed by atoms with Gasteiger partial charge in [0.2, 0.25) is 0 Å². The molecule has 0 radical (unpaired) electrons. The largest absolute Gasteiger partial charge is 0.467 e. The lowest BCUT2D eigenvalue weighted by Crippen LogP contribution is -2.57. The molecule has 1 heterocycles. The summed E-state index contributed by atoms with van der Waals surface area (Å²) in [4.78, 5) is 28.0. The van der Waals surface area contributed by atoms with Gasteiger partial charge < -0.3 is 9.64 Å². The van der Waals surface area contributed by atoms with Gasteiger partial charge in [-0.05, 0) is 73.3 Å². The van der Waals surface area contributed by atoms with Crippen molar-refractivity contribution < 1.29 is 14.3 Å². The molecule has 0 spiro atoms. The van der Waals surface area contributed by atoms with E-state index in [1.807, 2.05) is 51.1 Å². The number of aryl methyl sites for hydroxylation is 2. The Bertz CT molecular complexity index is 1040. The van der Waals surface area contributed by atoms with Gasteiger partial charge in [-0.1, -0.05) is 41.5 Å². The number of hydrogen-bond acceptors (Lipinski definition) is 4. The zero-order valence-electron chi connectivity index (χ0n) is 18.8. The molecule has 0 aliphatic heterocycles. The molecule has 0 unspecified atom stereocenters. The fourth-order valence-corrected chi connectivity index (χ4v) is 4.77. The Morgan fingerprint density at radius 2 is 1.65 bits per heavy atom. The predicted octanol–water partition coefficient (Wildman–Crippen LogP) is 5.67. The molecule has 31 heavy (non-hydrogen) atoms. The molecule has 5 heteroatoms. The highest BCUT2D eigenvalue weighted by Gasteiger charge is 2.43. The fourth-order valence-electron chi connectivity index (χ4n) is 4.11. The molecule has 1 amide bonds. The number of hydrogen-bond donors (Lipinski definition) is 0. The molecule has 162 valence electrons. The van der Waals surface area contributed by atoms with Gasteiger partial charge in [0, 0.05) is 18.5 Å². The van der Waals surface area contributed by atoms with Gasteiger partial charge >= 0.3 is 5.97 Å². The number of methoxy groups -OCH3 is 1. The van der Waals surface area contributed by atoms with Crippen LogP contribution in [0.4, 0.5) is 0 Å². The van der Waals surface area contributed by atoms with Crippen LogP contribution in [0.3, 0.4) is 0 Å². The summed E-state index contributed by atoms with van der Waals surface area (Å²) in [5.41, 5.74) is 4.77. The minimum atomic E-state index is -1.12. The monoisotopic (exact) mass is 435 g/mol. The quantitative estimate of drug-likeness (QED) is 0.449. The first-order chi connectivity index (χ1) is 14.8. The highest BCUT2D eigenvalue weighted by molar-refractivity contribution is 7.08. The number of amides is 1. The maximum absolute atomic E-state index is 13.5. The Balaban J connectivity index is 1.94. The Labute approximate surface area is 188 Å². The number of nitrogens with zero attached hydrogens (tertiary/aromatic N) is 1. The van der Waals surface area contributed by atoms with Crippen LogP contribution in [-0.4, -0.2) is 36.0 Å². The molecular weight excluding hydrogens is 406 g/mol. The number of esters is 1. The van der Waals surface area contributed by atoms with Gasteiger partial charge in [0.1, 0.15) is 5.54 Å². The van der Waals surface area contributed by atoms with Crippen molar-refractivity contribution in [2.75, 3.05) is 13.7 Å². The Hall–Kier alpha value is -2.92. The molecule has 0 bridgehead atoms. The van der Waals surface area contributed by atoms with Crippen LogP contribution in [0, 0.1) is 13.8 Å². The predicted molar refractivity (Wildman–Crippen MR) is 127 cm³/mol. The molecule has 0 fully saturated rings. The summed E-state index contributed by atoms with van der Waals surface area (Å²) >= 11 is 1.66. The van der Waals surface area contributed by atoms with Crippen LogP contribution in [0.5, 0.6) is 0 Å². The molecule has 0 N–H and O–H groups in total. The lowest BCUT2D eigenvalue weighted by Gasteiger charge is -2.38. The Kier molecular flexibility index (Phi) is 6.96. The molecule has 1 atom stereocenters. The molecule has 1 aromatic heterocycles. The Morgan fingerprint density at radius 1 is 1.00 bits per heavy atom. The second-order valence-electron chi connectivity index (χ2n) is 8.08. The third-order valence-corrected chi connectivity index (χ3v) is 6.29. The minimum Gasteiger partial charge on any atom is -0.467 e. The van der Waals surface area contributed by atoms with Gasteiger partial charge in [-0.3, -0.25) is 4.79 Å². The summed E-state index contributed by atoms with van der Waals surface area (Å²) in [6, 6.07) is 16.0. The molecule has 0 saturated heterocycles. The normalized spacial score (nSPS) is 12.8. The van der Waals surface area contributed by atoms with Crippen molar-refractivity contribution in [1.82, 2.24) is 4.90 Å². The van der Waals surface area contributed by atoms with E-state index in [1.54, 1.807) is 23.2 Å². The van der Waals surface area contributed by atoms with Crippen LogP contribution in [-0.2, 0) is 16.0 Å². The number of likely N-dealkylation sites (N-methyl/N-ethyl adjacent to an activating group) is 1. The average molecular weight is 436 g/mol. The second kappa shape index (κ2) is 9.48. The van der Waals surface area contributed by atoms with Crippen LogP contribution < -0.4 is 0 Å². The first-order valence-corrected chi connectivity index (χ1v) is 11.3. The topological polar surface area (TPSA) is 46.6 Å². The van der Waals surface area contributed by atoms with Gasteiger partial charge in [-0.15, -0.1) is 0 Å². The number of thiophene rings is 1. The summed E-state index contributed by atoms with van der Waals surface area (Å²) in [7, 11) is 1.37. The van der Waals surface area contributed by atoms with E-state index in [2.05, 4.69) is 29.0 Å². The van der Waals surface area contributed by atoms with Crippen LogP contribution in [0.25, 0.3) is 11.1 Å². The summed E-state index contributed by atoms with van der Waals surface area (Å²) in [5.74, 6) is -0.592. The van der Waals surface area contributed by atoms with E-state index in [-0.39, 0.29) is 5.91 Å². The van der Waals surface area contributed by atoms with E-state index in [1.165, 1.54) is 12.7 Å². The highest BCUT2D eigenvalue weighted by Crippen LogP contribution is 2.28. The first kappa shape index (κ1) is 22.8. The maximum Gasteiger partial charge on any atom is 0.331 e. The molecular formula is C26H29NO3S. The van der Waals surface area contributed by atoms with E-state index in [0.717, 1.165) is 22.3 Å². The van der Waals surface area contributed by atoms with Crippen LogP contribution >= 0.6 is 11.3 Å². The fraction of sp³-hybridized carbons (Fsp3) is 0.308. The summed E-state index contributed by atoms with van der Waals surface area (Å²) in [6.07, 6.45) is 0.369. The number of benzene rings is 2. The molecule has 4 nitrogen and oxygen atoms in total. The first-order valence-electron chi connectivity index (χ1n) is 10.4. The average Bonchev–Trinajstić information content (AvgIpc) is 3.28.